The molecule has 1 aromatic carbocycles. The number of nitro groups is 1. The molecule has 2 unspecified atom stereocenters. The van der Waals surface area contributed by atoms with Gasteiger partial charge >= 0.3 is 6.03 Å². The van der Waals surface area contributed by atoms with E-state index in [1.807, 2.05) is 0 Å². The van der Waals surface area contributed by atoms with Crippen LogP contribution in [-0.4, -0.2) is 22.1 Å². The molecule has 0 bridgehead atoms. The fraction of sp³-hybridized carbons (Fsp3) is 0.312. The fourth-order valence-corrected chi connectivity index (χ4v) is 2.32. The number of carbonyl (C=O) groups excluding carboxylic acids is 1. The van der Waals surface area contributed by atoms with E-state index in [1.165, 1.54) is 24.5 Å². The second-order valence-corrected chi connectivity index (χ2v) is 5.52. The van der Waals surface area contributed by atoms with Gasteiger partial charge in [-0.1, -0.05) is 0 Å². The fourth-order valence-electron chi connectivity index (χ4n) is 2.32. The van der Waals surface area contributed by atoms with Crippen molar-refractivity contribution in [2.45, 2.75) is 32.4 Å². The molecule has 0 aliphatic rings. The molecule has 2 rings (SSSR count). The van der Waals surface area contributed by atoms with Crippen molar-refractivity contribution >= 4 is 17.4 Å². The van der Waals surface area contributed by atoms with Crippen LogP contribution in [0, 0.1) is 17.0 Å². The average Bonchev–Trinajstić information content (AvgIpc) is 3.00. The number of aryl methyl sites for hydroxylation is 1. The molecule has 3 N–H and O–H groups in total. The molecule has 2 aromatic rings. The summed E-state index contributed by atoms with van der Waals surface area (Å²) in [4.78, 5) is 22.3. The van der Waals surface area contributed by atoms with E-state index < -0.39 is 17.1 Å². The van der Waals surface area contributed by atoms with Crippen LogP contribution in [0.15, 0.2) is 41.0 Å². The number of carbonyl (C=O) groups is 1. The number of nitrogens with zero attached hydrogens (tertiary/aromatic N) is 1. The van der Waals surface area contributed by atoms with Crippen LogP contribution in [0.3, 0.4) is 0 Å². The van der Waals surface area contributed by atoms with Crippen molar-refractivity contribution in [1.82, 2.24) is 5.32 Å². The second-order valence-electron chi connectivity index (χ2n) is 5.52. The van der Waals surface area contributed by atoms with Crippen LogP contribution in [-0.2, 0) is 0 Å². The molecule has 0 aliphatic heterocycles. The van der Waals surface area contributed by atoms with E-state index in [0.29, 0.717) is 23.4 Å². The van der Waals surface area contributed by atoms with Crippen molar-refractivity contribution in [2.24, 2.45) is 0 Å². The Morgan fingerprint density at radius 1 is 1.42 bits per heavy atom. The van der Waals surface area contributed by atoms with Crippen molar-refractivity contribution in [2.75, 3.05) is 5.32 Å². The van der Waals surface area contributed by atoms with Crippen molar-refractivity contribution in [3.8, 4) is 0 Å². The highest BCUT2D eigenvalue weighted by Gasteiger charge is 2.17. The van der Waals surface area contributed by atoms with E-state index in [9.17, 15) is 20.0 Å². The first-order valence-electron chi connectivity index (χ1n) is 7.41. The lowest BCUT2D eigenvalue weighted by molar-refractivity contribution is -0.385. The molecular formula is C16H19N3O5. The average molecular weight is 333 g/mol. The lowest BCUT2D eigenvalue weighted by atomic mass is 10.1. The largest absolute Gasteiger partial charge is 0.467 e. The minimum atomic E-state index is -0.808. The topological polar surface area (TPSA) is 118 Å². The molecule has 0 fully saturated rings. The summed E-state index contributed by atoms with van der Waals surface area (Å²) in [5.74, 6) is 0.440. The molecule has 0 radical (unpaired) electrons. The zero-order chi connectivity index (χ0) is 17.7. The van der Waals surface area contributed by atoms with Gasteiger partial charge in [-0.05, 0) is 38.1 Å². The SMILES string of the molecule is Cc1cc(NC(=O)NC(C)CC(O)c2ccco2)ccc1[N+](=O)[O-]. The molecule has 2 atom stereocenters. The zero-order valence-corrected chi connectivity index (χ0v) is 13.4. The first-order valence-corrected chi connectivity index (χ1v) is 7.41. The number of benzene rings is 1. The van der Waals surface area contributed by atoms with Gasteiger partial charge < -0.3 is 20.2 Å². The monoisotopic (exact) mass is 333 g/mol. The number of hydrogen-bond acceptors (Lipinski definition) is 5. The molecule has 0 spiro atoms. The third-order valence-corrected chi connectivity index (χ3v) is 3.48. The van der Waals surface area contributed by atoms with Gasteiger partial charge in [0.15, 0.2) is 0 Å². The quantitative estimate of drug-likeness (QED) is 0.554. The maximum atomic E-state index is 12.0. The third-order valence-electron chi connectivity index (χ3n) is 3.48. The van der Waals surface area contributed by atoms with Crippen LogP contribution in [0.5, 0.6) is 0 Å². The first kappa shape index (κ1) is 17.5. The van der Waals surface area contributed by atoms with Crippen LogP contribution in [0.25, 0.3) is 0 Å². The Morgan fingerprint density at radius 3 is 2.75 bits per heavy atom. The number of anilines is 1. The van der Waals surface area contributed by atoms with Gasteiger partial charge in [0.05, 0.1) is 11.2 Å². The Labute approximate surface area is 138 Å². The lowest BCUT2D eigenvalue weighted by Gasteiger charge is -2.17. The first-order chi connectivity index (χ1) is 11.4. The normalized spacial score (nSPS) is 13.1. The van der Waals surface area contributed by atoms with E-state index in [2.05, 4.69) is 10.6 Å². The van der Waals surface area contributed by atoms with E-state index in [0.717, 1.165) is 0 Å². The molecule has 1 heterocycles. The Kier molecular flexibility index (Phi) is 5.54. The summed E-state index contributed by atoms with van der Waals surface area (Å²) in [6, 6.07) is 6.92. The van der Waals surface area contributed by atoms with Crippen molar-refractivity contribution in [1.29, 1.82) is 0 Å². The van der Waals surface area contributed by atoms with Crippen molar-refractivity contribution in [3.05, 3.63) is 58.0 Å². The van der Waals surface area contributed by atoms with Gasteiger partial charge in [0.1, 0.15) is 11.9 Å². The van der Waals surface area contributed by atoms with Gasteiger partial charge in [-0.25, -0.2) is 4.79 Å². The molecule has 2 amide bonds. The molecule has 8 heteroatoms. The maximum absolute atomic E-state index is 12.0. The highest BCUT2D eigenvalue weighted by Crippen LogP contribution is 2.22. The number of rotatable bonds is 6. The third kappa shape index (κ3) is 4.56. The van der Waals surface area contributed by atoms with Crippen LogP contribution in [0.1, 0.15) is 30.8 Å². The predicted molar refractivity (Wildman–Crippen MR) is 87.7 cm³/mol. The predicted octanol–water partition coefficient (Wildman–Crippen LogP) is 3.13. The minimum Gasteiger partial charge on any atom is -0.467 e. The molecule has 0 saturated heterocycles. The molecule has 24 heavy (non-hydrogen) atoms. The number of nitrogens with one attached hydrogen (secondary N) is 2. The number of aliphatic hydroxyl groups excluding tert-OH is 1. The maximum Gasteiger partial charge on any atom is 0.319 e. The molecule has 1 aromatic heterocycles. The highest BCUT2D eigenvalue weighted by atomic mass is 16.6. The summed E-state index contributed by atoms with van der Waals surface area (Å²) in [6.45, 7) is 3.36. The minimum absolute atomic E-state index is 0.00380. The molecule has 8 nitrogen and oxygen atoms in total. The molecule has 0 saturated carbocycles. The zero-order valence-electron chi connectivity index (χ0n) is 13.4. The summed E-state index contributed by atoms with van der Waals surface area (Å²) in [5, 5.41) is 26.1. The Balaban J connectivity index is 1.88. The summed E-state index contributed by atoms with van der Waals surface area (Å²) in [5.41, 5.74) is 0.907. The van der Waals surface area contributed by atoms with Gasteiger partial charge in [-0.15, -0.1) is 0 Å². The van der Waals surface area contributed by atoms with Crippen molar-refractivity contribution in [3.63, 3.8) is 0 Å². The van der Waals surface area contributed by atoms with Crippen LogP contribution < -0.4 is 10.6 Å². The van der Waals surface area contributed by atoms with Gasteiger partial charge in [0, 0.05) is 29.8 Å². The van der Waals surface area contributed by atoms with Gasteiger partial charge in [-0.3, -0.25) is 10.1 Å². The number of furan rings is 1. The second kappa shape index (κ2) is 7.60. The molecule has 128 valence electrons. The van der Waals surface area contributed by atoms with E-state index in [1.54, 1.807) is 26.0 Å². The molecule has 0 aliphatic carbocycles. The van der Waals surface area contributed by atoms with Crippen molar-refractivity contribution < 1.29 is 19.2 Å². The number of aliphatic hydroxyl groups is 1. The Hall–Kier alpha value is -2.87. The van der Waals surface area contributed by atoms with Crippen LogP contribution >= 0.6 is 0 Å². The summed E-state index contributed by atoms with van der Waals surface area (Å²) in [7, 11) is 0. The summed E-state index contributed by atoms with van der Waals surface area (Å²) in [6.07, 6.45) is 0.956. The highest BCUT2D eigenvalue weighted by molar-refractivity contribution is 5.89. The number of amides is 2. The number of hydrogen-bond donors (Lipinski definition) is 3. The lowest BCUT2D eigenvalue weighted by Crippen LogP contribution is -2.37. The smallest absolute Gasteiger partial charge is 0.319 e. The van der Waals surface area contributed by atoms with E-state index >= 15 is 0 Å². The Bertz CT molecular complexity index is 715. The van der Waals surface area contributed by atoms with E-state index in [4.69, 9.17) is 4.42 Å². The Morgan fingerprint density at radius 2 is 2.17 bits per heavy atom. The molecular weight excluding hydrogens is 314 g/mol. The summed E-state index contributed by atoms with van der Waals surface area (Å²) >= 11 is 0. The summed E-state index contributed by atoms with van der Waals surface area (Å²) < 4.78 is 5.11. The van der Waals surface area contributed by atoms with Gasteiger partial charge in [0.25, 0.3) is 5.69 Å². The number of urea groups is 1. The standard InChI is InChI=1S/C16H19N3O5/c1-10-8-12(5-6-13(10)19(22)23)18-16(21)17-11(2)9-14(20)15-4-3-7-24-15/h3-8,11,14,20H,9H2,1-2H3,(H2,17,18,21). The number of nitro benzene ring substituents is 1. The van der Waals surface area contributed by atoms with Gasteiger partial charge in [0.2, 0.25) is 0 Å². The van der Waals surface area contributed by atoms with Gasteiger partial charge in [-0.2, -0.15) is 0 Å². The van der Waals surface area contributed by atoms with E-state index in [-0.39, 0.29) is 11.7 Å². The van der Waals surface area contributed by atoms with Crippen LogP contribution in [0.4, 0.5) is 16.2 Å². The van der Waals surface area contributed by atoms with Crippen LogP contribution in [0.2, 0.25) is 0 Å².